The second-order valence-electron chi connectivity index (χ2n) is 5.26. The van der Waals surface area contributed by atoms with Gasteiger partial charge in [0.05, 0.1) is 6.61 Å². The van der Waals surface area contributed by atoms with Gasteiger partial charge < -0.3 is 10.1 Å². The van der Waals surface area contributed by atoms with E-state index in [0.717, 1.165) is 27.7 Å². The first kappa shape index (κ1) is 19.4. The Morgan fingerprint density at radius 3 is 2.20 bits per heavy atom. The van der Waals surface area contributed by atoms with Crippen molar-refractivity contribution in [3.63, 3.8) is 0 Å². The van der Waals surface area contributed by atoms with Crippen LogP contribution in [0.2, 0.25) is 0 Å². The molecule has 2 aromatic rings. The van der Waals surface area contributed by atoms with Gasteiger partial charge in [0.15, 0.2) is 0 Å². The maximum atomic E-state index is 12.2. The molecule has 6 heteroatoms. The predicted molar refractivity (Wildman–Crippen MR) is 104 cm³/mol. The van der Waals surface area contributed by atoms with Crippen molar-refractivity contribution in [3.05, 3.63) is 71.8 Å². The molecule has 0 radical (unpaired) electrons. The van der Waals surface area contributed by atoms with Crippen LogP contribution >= 0.6 is 21.6 Å². The maximum Gasteiger partial charge on any atom is 0.328 e. The molecule has 0 heterocycles. The number of ether oxygens (including phenoxy) is 1. The van der Waals surface area contributed by atoms with E-state index in [1.807, 2.05) is 60.7 Å². The molecule has 2 aromatic carbocycles. The third kappa shape index (κ3) is 7.23. The summed E-state index contributed by atoms with van der Waals surface area (Å²) in [5.74, 6) is 0.315. The molecule has 4 nitrogen and oxygen atoms in total. The molecule has 0 saturated heterocycles. The van der Waals surface area contributed by atoms with Crippen molar-refractivity contribution >= 4 is 32.8 Å². The zero-order valence-electron chi connectivity index (χ0n) is 14.0. The van der Waals surface area contributed by atoms with Crippen LogP contribution in [0.25, 0.3) is 0 Å². The van der Waals surface area contributed by atoms with Crippen molar-refractivity contribution in [3.8, 4) is 0 Å². The number of benzene rings is 2. The predicted octanol–water partition coefficient (Wildman–Crippen LogP) is 4.45. The van der Waals surface area contributed by atoms with E-state index in [2.05, 4.69) is 5.32 Å². The summed E-state index contributed by atoms with van der Waals surface area (Å²) in [6.07, 6.45) is 0.412. The van der Waals surface area contributed by atoms with Crippen LogP contribution in [0.5, 0.6) is 0 Å². The molecule has 1 amide bonds. The van der Waals surface area contributed by atoms with E-state index in [4.69, 9.17) is 4.74 Å². The first-order valence-corrected chi connectivity index (χ1v) is 10.4. The summed E-state index contributed by atoms with van der Waals surface area (Å²) in [5, 5.41) is 2.52. The van der Waals surface area contributed by atoms with Gasteiger partial charge in [-0.2, -0.15) is 0 Å². The molecule has 25 heavy (non-hydrogen) atoms. The highest BCUT2D eigenvalue weighted by Crippen LogP contribution is 2.26. The maximum absolute atomic E-state index is 12.2. The van der Waals surface area contributed by atoms with Crippen LogP contribution < -0.4 is 5.32 Å². The Hall–Kier alpha value is -1.92. The lowest BCUT2D eigenvalue weighted by molar-refractivity contribution is -0.145. The van der Waals surface area contributed by atoms with Gasteiger partial charge >= 0.3 is 5.97 Å². The van der Waals surface area contributed by atoms with Crippen molar-refractivity contribution < 1.29 is 14.3 Å². The van der Waals surface area contributed by atoms with Crippen LogP contribution in [-0.2, 0) is 21.7 Å². The lowest BCUT2D eigenvalue weighted by Crippen LogP contribution is -2.41. The molecule has 1 atom stereocenters. The second kappa shape index (κ2) is 10.8. The number of hydrogen-bond acceptors (Lipinski definition) is 5. The topological polar surface area (TPSA) is 55.4 Å². The Bertz CT molecular complexity index is 665. The van der Waals surface area contributed by atoms with Crippen molar-refractivity contribution in [1.29, 1.82) is 0 Å². The number of carbonyl (C=O) groups is 2. The van der Waals surface area contributed by atoms with Gasteiger partial charge in [0.2, 0.25) is 0 Å². The highest BCUT2D eigenvalue weighted by Gasteiger charge is 2.22. The Morgan fingerprint density at radius 2 is 1.60 bits per heavy atom. The van der Waals surface area contributed by atoms with Gasteiger partial charge in [0.1, 0.15) is 6.04 Å². The number of esters is 1. The lowest BCUT2D eigenvalue weighted by Gasteiger charge is -2.17. The third-order valence-corrected chi connectivity index (χ3v) is 5.35. The van der Waals surface area contributed by atoms with Gasteiger partial charge in [-0.05, 0) is 18.1 Å². The van der Waals surface area contributed by atoms with Gasteiger partial charge in [-0.1, -0.05) is 71.5 Å². The normalized spacial score (nSPS) is 11.6. The molecule has 0 spiro atoms. The monoisotopic (exact) mass is 375 g/mol. The fourth-order valence-electron chi connectivity index (χ4n) is 2.18. The summed E-state index contributed by atoms with van der Waals surface area (Å²) in [7, 11) is 2.54. The fourth-order valence-corrected chi connectivity index (χ4v) is 3.91. The van der Waals surface area contributed by atoms with Crippen molar-refractivity contribution in [2.24, 2.45) is 0 Å². The largest absolute Gasteiger partial charge is 0.464 e. The minimum absolute atomic E-state index is 0.241. The van der Waals surface area contributed by atoms with Crippen LogP contribution in [0.15, 0.2) is 60.7 Å². The molecular formula is C19H21NO3S2. The fraction of sp³-hybridized carbons (Fsp3) is 0.263. The van der Waals surface area contributed by atoms with E-state index in [9.17, 15) is 9.59 Å². The van der Waals surface area contributed by atoms with Gasteiger partial charge in [-0.3, -0.25) is 4.79 Å². The first-order valence-electron chi connectivity index (χ1n) is 8.03. The van der Waals surface area contributed by atoms with Gasteiger partial charge in [-0.15, -0.1) is 0 Å². The summed E-state index contributed by atoms with van der Waals surface area (Å²) in [5.41, 5.74) is 2.13. The minimum Gasteiger partial charge on any atom is -0.464 e. The summed E-state index contributed by atoms with van der Waals surface area (Å²) in [4.78, 5) is 24.3. The molecular weight excluding hydrogens is 354 g/mol. The van der Waals surface area contributed by atoms with Crippen LogP contribution in [0.4, 0.5) is 4.79 Å². The summed E-state index contributed by atoms with van der Waals surface area (Å²) >= 11 is 0. The Kier molecular flexibility index (Phi) is 8.42. The SMILES string of the molecule is CCOC(=O)[C@H](Cc1ccccc1)NC(=O)SSCc1ccccc1. The molecule has 0 fully saturated rings. The Balaban J connectivity index is 1.86. The van der Waals surface area contributed by atoms with Crippen molar-refractivity contribution in [2.45, 2.75) is 25.1 Å². The Labute approximate surface area is 156 Å². The molecule has 1 N–H and O–H groups in total. The number of carbonyl (C=O) groups excluding carboxylic acids is 2. The molecule has 0 bridgehead atoms. The Morgan fingerprint density at radius 1 is 1.00 bits per heavy atom. The molecule has 2 rings (SSSR count). The molecule has 0 aliphatic rings. The van der Waals surface area contributed by atoms with E-state index in [0.29, 0.717) is 6.42 Å². The number of amides is 1. The minimum atomic E-state index is -0.681. The standard InChI is InChI=1S/C19H21NO3S2/c1-2-23-18(21)17(13-15-9-5-3-6-10-15)20-19(22)25-24-14-16-11-7-4-8-12-16/h3-12,17H,2,13-14H2,1H3,(H,20,22)/t17-/m0/s1. The van der Waals surface area contributed by atoms with E-state index in [1.165, 1.54) is 10.8 Å². The van der Waals surface area contributed by atoms with Gasteiger partial charge in [-0.25, -0.2) is 4.79 Å². The third-order valence-electron chi connectivity index (χ3n) is 3.35. The zero-order chi connectivity index (χ0) is 17.9. The number of hydrogen-bond donors (Lipinski definition) is 1. The molecule has 0 aliphatic heterocycles. The smallest absolute Gasteiger partial charge is 0.328 e. The van der Waals surface area contributed by atoms with Crippen molar-refractivity contribution in [1.82, 2.24) is 5.32 Å². The van der Waals surface area contributed by atoms with Crippen molar-refractivity contribution in [2.75, 3.05) is 6.61 Å². The summed E-state index contributed by atoms with van der Waals surface area (Å²) < 4.78 is 5.08. The van der Waals surface area contributed by atoms with Crippen LogP contribution in [0.3, 0.4) is 0 Å². The summed E-state index contributed by atoms with van der Waals surface area (Å²) in [6.45, 7) is 2.04. The average molecular weight is 376 g/mol. The molecule has 0 aromatic heterocycles. The average Bonchev–Trinajstić information content (AvgIpc) is 2.63. The van der Waals surface area contributed by atoms with E-state index in [-0.39, 0.29) is 11.8 Å². The lowest BCUT2D eigenvalue weighted by atomic mass is 10.1. The zero-order valence-corrected chi connectivity index (χ0v) is 15.6. The van der Waals surface area contributed by atoms with E-state index < -0.39 is 12.0 Å². The molecule has 0 saturated carbocycles. The van der Waals surface area contributed by atoms with Crippen LogP contribution in [0.1, 0.15) is 18.1 Å². The molecule has 0 unspecified atom stereocenters. The van der Waals surface area contributed by atoms with Gasteiger partial charge in [0, 0.05) is 23.0 Å². The van der Waals surface area contributed by atoms with E-state index in [1.54, 1.807) is 6.92 Å². The van der Waals surface area contributed by atoms with Gasteiger partial charge in [0.25, 0.3) is 5.24 Å². The quantitative estimate of drug-likeness (QED) is 0.546. The van der Waals surface area contributed by atoms with E-state index >= 15 is 0 Å². The van der Waals surface area contributed by atoms with Crippen LogP contribution in [-0.4, -0.2) is 23.9 Å². The highest BCUT2D eigenvalue weighted by molar-refractivity contribution is 8.81. The highest BCUT2D eigenvalue weighted by atomic mass is 33.1. The van der Waals surface area contributed by atoms with Crippen LogP contribution in [0, 0.1) is 0 Å². The first-order chi connectivity index (χ1) is 12.2. The second-order valence-corrected chi connectivity index (χ2v) is 7.53. The molecule has 132 valence electrons. The molecule has 0 aliphatic carbocycles. The number of rotatable bonds is 8. The summed E-state index contributed by atoms with van der Waals surface area (Å²) in [6, 6.07) is 18.8. The number of nitrogens with one attached hydrogen (secondary N) is 1.